The van der Waals surface area contributed by atoms with Gasteiger partial charge in [-0.25, -0.2) is 0 Å². The molecule has 2 nitrogen and oxygen atoms in total. The van der Waals surface area contributed by atoms with Gasteiger partial charge >= 0.3 is 5.97 Å². The smallest absolute Gasteiger partial charge is 0.305 e. The van der Waals surface area contributed by atoms with Crippen LogP contribution in [0.3, 0.4) is 0 Å². The zero-order valence-corrected chi connectivity index (χ0v) is 14.4. The van der Waals surface area contributed by atoms with Crippen molar-refractivity contribution in [1.29, 1.82) is 0 Å². The molecule has 0 fully saturated rings. The third-order valence-electron chi connectivity index (χ3n) is 3.74. The fraction of sp³-hybridized carbons (Fsp3) is 0.842. The molecular weight excluding hydrogens is 260 g/mol. The molecule has 2 heteroatoms. The van der Waals surface area contributed by atoms with Crippen molar-refractivity contribution in [3.8, 4) is 11.8 Å². The maximum atomic E-state index is 11.4. The lowest BCUT2D eigenvalue weighted by Crippen LogP contribution is -2.06. The minimum Gasteiger partial charge on any atom is -0.466 e. The molecule has 122 valence electrons. The van der Waals surface area contributed by atoms with E-state index in [1.807, 2.05) is 13.8 Å². The number of unbranched alkanes of at least 4 members (excludes halogenated alkanes) is 4. The van der Waals surface area contributed by atoms with Gasteiger partial charge in [-0.2, -0.15) is 0 Å². The summed E-state index contributed by atoms with van der Waals surface area (Å²) < 4.78 is 5.09. The van der Waals surface area contributed by atoms with Gasteiger partial charge in [-0.3, -0.25) is 4.79 Å². The Bertz CT molecular complexity index is 298. The number of hydrogen-bond donors (Lipinski definition) is 0. The first-order valence-electron chi connectivity index (χ1n) is 8.79. The van der Waals surface area contributed by atoms with Crippen molar-refractivity contribution >= 4 is 5.97 Å². The lowest BCUT2D eigenvalue weighted by atomic mass is 9.92. The maximum Gasteiger partial charge on any atom is 0.305 e. The van der Waals surface area contributed by atoms with E-state index in [1.165, 1.54) is 38.5 Å². The van der Waals surface area contributed by atoms with Crippen molar-refractivity contribution in [3.05, 3.63) is 0 Å². The largest absolute Gasteiger partial charge is 0.466 e. The summed E-state index contributed by atoms with van der Waals surface area (Å²) in [5, 5.41) is 0. The van der Waals surface area contributed by atoms with Crippen LogP contribution < -0.4 is 0 Å². The second kappa shape index (κ2) is 15.4. The van der Waals surface area contributed by atoms with Crippen LogP contribution in [-0.2, 0) is 9.53 Å². The van der Waals surface area contributed by atoms with E-state index in [2.05, 4.69) is 18.8 Å². The van der Waals surface area contributed by atoms with Gasteiger partial charge < -0.3 is 4.74 Å². The third kappa shape index (κ3) is 13.8. The van der Waals surface area contributed by atoms with E-state index >= 15 is 0 Å². The van der Waals surface area contributed by atoms with Crippen molar-refractivity contribution < 1.29 is 9.53 Å². The summed E-state index contributed by atoms with van der Waals surface area (Å²) in [6.07, 6.45) is 12.3. The molecule has 0 aromatic carbocycles. The highest BCUT2D eigenvalue weighted by Crippen LogP contribution is 2.20. The van der Waals surface area contributed by atoms with E-state index in [1.54, 1.807) is 0 Å². The molecule has 0 amide bonds. The van der Waals surface area contributed by atoms with Crippen LogP contribution in [0.15, 0.2) is 0 Å². The molecule has 0 aliphatic carbocycles. The first-order valence-corrected chi connectivity index (χ1v) is 8.79. The summed E-state index contributed by atoms with van der Waals surface area (Å²) in [5.74, 6) is 6.90. The molecule has 0 spiro atoms. The van der Waals surface area contributed by atoms with Crippen LogP contribution in [0.2, 0.25) is 0 Å². The molecule has 1 atom stereocenters. The average molecular weight is 294 g/mol. The van der Waals surface area contributed by atoms with Gasteiger partial charge in [-0.1, -0.05) is 46.0 Å². The molecule has 0 rings (SSSR count). The van der Waals surface area contributed by atoms with Crippen LogP contribution in [0.4, 0.5) is 0 Å². The van der Waals surface area contributed by atoms with Crippen molar-refractivity contribution in [3.63, 3.8) is 0 Å². The molecule has 0 aliphatic heterocycles. The van der Waals surface area contributed by atoms with Gasteiger partial charge in [0.05, 0.1) is 6.61 Å². The fourth-order valence-electron chi connectivity index (χ4n) is 2.45. The zero-order chi connectivity index (χ0) is 15.8. The normalized spacial score (nSPS) is 11.6. The lowest BCUT2D eigenvalue weighted by Gasteiger charge is -2.14. The van der Waals surface area contributed by atoms with Gasteiger partial charge in [0.1, 0.15) is 0 Å². The average Bonchev–Trinajstić information content (AvgIpc) is 2.50. The van der Waals surface area contributed by atoms with Gasteiger partial charge in [0.2, 0.25) is 0 Å². The summed E-state index contributed by atoms with van der Waals surface area (Å²) >= 11 is 0. The number of carbonyl (C=O) groups excluding carboxylic acids is 1. The van der Waals surface area contributed by atoms with Crippen LogP contribution in [0, 0.1) is 17.8 Å². The molecule has 0 bridgehead atoms. The van der Waals surface area contributed by atoms with Crippen molar-refractivity contribution in [2.24, 2.45) is 5.92 Å². The van der Waals surface area contributed by atoms with E-state index in [0.717, 1.165) is 25.7 Å². The Kier molecular flexibility index (Phi) is 14.7. The first kappa shape index (κ1) is 20.0. The Labute approximate surface area is 132 Å². The first-order chi connectivity index (χ1) is 10.2. The molecule has 0 aliphatic rings. The lowest BCUT2D eigenvalue weighted by molar-refractivity contribution is -0.143. The van der Waals surface area contributed by atoms with Gasteiger partial charge in [-0.05, 0) is 38.5 Å². The van der Waals surface area contributed by atoms with Crippen molar-refractivity contribution in [2.45, 2.75) is 91.4 Å². The van der Waals surface area contributed by atoms with E-state index in [-0.39, 0.29) is 5.97 Å². The number of esters is 1. The number of rotatable bonds is 13. The van der Waals surface area contributed by atoms with Crippen LogP contribution >= 0.6 is 0 Å². The van der Waals surface area contributed by atoms with E-state index in [4.69, 9.17) is 4.74 Å². The molecule has 21 heavy (non-hydrogen) atoms. The number of ether oxygens (including phenoxy) is 1. The molecule has 0 N–H and O–H groups in total. The SMILES string of the molecule is CC#CCC(CCCCCC)CCCCC(=O)OCCC. The quantitative estimate of drug-likeness (QED) is 0.255. The Hall–Kier alpha value is -0.970. The minimum absolute atomic E-state index is 0.0373. The zero-order valence-electron chi connectivity index (χ0n) is 14.4. The van der Waals surface area contributed by atoms with E-state index in [0.29, 0.717) is 18.9 Å². The Balaban J connectivity index is 3.78. The highest BCUT2D eigenvalue weighted by atomic mass is 16.5. The monoisotopic (exact) mass is 294 g/mol. The third-order valence-corrected chi connectivity index (χ3v) is 3.74. The summed E-state index contributed by atoms with van der Waals surface area (Å²) in [5.41, 5.74) is 0. The molecule has 0 saturated carbocycles. The number of hydrogen-bond acceptors (Lipinski definition) is 2. The van der Waals surface area contributed by atoms with E-state index in [9.17, 15) is 4.79 Å². The van der Waals surface area contributed by atoms with Crippen LogP contribution in [-0.4, -0.2) is 12.6 Å². The molecular formula is C19H34O2. The highest BCUT2D eigenvalue weighted by molar-refractivity contribution is 5.69. The van der Waals surface area contributed by atoms with Crippen molar-refractivity contribution in [2.75, 3.05) is 6.61 Å². The molecule has 0 saturated heterocycles. The molecule has 0 aromatic rings. The second-order valence-corrected chi connectivity index (χ2v) is 5.81. The Morgan fingerprint density at radius 1 is 1.00 bits per heavy atom. The van der Waals surface area contributed by atoms with Gasteiger partial charge in [0.15, 0.2) is 0 Å². The Morgan fingerprint density at radius 2 is 1.71 bits per heavy atom. The van der Waals surface area contributed by atoms with Crippen LogP contribution in [0.25, 0.3) is 0 Å². The summed E-state index contributed by atoms with van der Waals surface area (Å²) in [6, 6.07) is 0. The van der Waals surface area contributed by atoms with Crippen LogP contribution in [0.5, 0.6) is 0 Å². The number of carbonyl (C=O) groups is 1. The van der Waals surface area contributed by atoms with Gasteiger partial charge in [0.25, 0.3) is 0 Å². The van der Waals surface area contributed by atoms with Crippen LogP contribution in [0.1, 0.15) is 91.4 Å². The Morgan fingerprint density at radius 3 is 2.33 bits per heavy atom. The minimum atomic E-state index is -0.0373. The predicted molar refractivity (Wildman–Crippen MR) is 90.0 cm³/mol. The van der Waals surface area contributed by atoms with E-state index < -0.39 is 0 Å². The summed E-state index contributed by atoms with van der Waals surface area (Å²) in [7, 11) is 0. The second-order valence-electron chi connectivity index (χ2n) is 5.81. The molecule has 0 heterocycles. The maximum absolute atomic E-state index is 11.4. The van der Waals surface area contributed by atoms with Crippen molar-refractivity contribution in [1.82, 2.24) is 0 Å². The topological polar surface area (TPSA) is 26.3 Å². The fourth-order valence-corrected chi connectivity index (χ4v) is 2.45. The standard InChI is InChI=1S/C19H34O2/c1-4-7-9-10-14-18(13-8-5-2)15-11-12-16-19(20)21-17-6-3/h18H,4,6-7,9-17H2,1-3H3. The summed E-state index contributed by atoms with van der Waals surface area (Å²) in [4.78, 5) is 11.4. The highest BCUT2D eigenvalue weighted by Gasteiger charge is 2.08. The van der Waals surface area contributed by atoms with Gasteiger partial charge in [-0.15, -0.1) is 11.8 Å². The summed E-state index contributed by atoms with van der Waals surface area (Å²) in [6.45, 7) is 6.74. The molecule has 0 aromatic heterocycles. The predicted octanol–water partition coefficient (Wildman–Crippen LogP) is 5.50. The molecule has 1 unspecified atom stereocenters. The molecule has 0 radical (unpaired) electrons. The van der Waals surface area contributed by atoms with Gasteiger partial charge in [0, 0.05) is 12.8 Å².